The minimum absolute atomic E-state index is 0.0658. The zero-order valence-corrected chi connectivity index (χ0v) is 26.9. The van der Waals surface area contributed by atoms with Gasteiger partial charge < -0.3 is 13.6 Å². The molecular weight excluding hydrogens is 522 g/mol. The molecule has 0 aliphatic heterocycles. The maximum atomic E-state index is 6.21. The lowest BCUT2D eigenvalue weighted by Gasteiger charge is -2.23. The Morgan fingerprint density at radius 2 is 1.85 bits per heavy atom. The molecule has 0 aliphatic rings. The van der Waals surface area contributed by atoms with Crippen LogP contribution in [0.15, 0.2) is 42.5 Å². The molecule has 0 saturated heterocycles. The van der Waals surface area contributed by atoms with Crippen LogP contribution in [-0.4, -0.2) is 12.2 Å². The van der Waals surface area contributed by atoms with E-state index in [0.717, 1.165) is 36.8 Å². The summed E-state index contributed by atoms with van der Waals surface area (Å²) >= 11 is 0. The Bertz CT molecular complexity index is 730. The normalized spacial score (nSPS) is 14.3. The van der Waals surface area contributed by atoms with Gasteiger partial charge in [-0.25, -0.2) is 0 Å². The van der Waals surface area contributed by atoms with Crippen LogP contribution in [-0.2, 0) is 13.6 Å². The van der Waals surface area contributed by atoms with Gasteiger partial charge in [-0.15, -0.1) is 11.8 Å². The van der Waals surface area contributed by atoms with E-state index in [1.807, 2.05) is 19.9 Å². The molecule has 3 nitrogen and oxygen atoms in total. The van der Waals surface area contributed by atoms with Gasteiger partial charge in [0.1, 0.15) is 6.10 Å². The summed E-state index contributed by atoms with van der Waals surface area (Å²) in [5.41, 5.74) is 2.25. The molecule has 0 spiro atoms. The van der Waals surface area contributed by atoms with Gasteiger partial charge >= 0.3 is 0 Å². The van der Waals surface area contributed by atoms with Crippen molar-refractivity contribution in [3.63, 3.8) is 0 Å². The summed E-state index contributed by atoms with van der Waals surface area (Å²) in [4.78, 5) is 0. The Morgan fingerprint density at radius 1 is 1.12 bits per heavy atom. The van der Waals surface area contributed by atoms with Crippen LogP contribution in [0.1, 0.15) is 77.0 Å². The van der Waals surface area contributed by atoms with Crippen LogP contribution in [0.25, 0.3) is 6.08 Å². The number of allylic oxidation sites excluding steroid dienone is 1. The summed E-state index contributed by atoms with van der Waals surface area (Å²) in [7, 11) is 10.2. The van der Waals surface area contributed by atoms with Gasteiger partial charge in [0.25, 0.3) is 0 Å². The number of rotatable bonds is 14. The highest BCUT2D eigenvalue weighted by molar-refractivity contribution is 8.41. The summed E-state index contributed by atoms with van der Waals surface area (Å²) in [5, 5.41) is 0. The number of hydrogen-bond acceptors (Lipinski definition) is 3. The van der Waals surface area contributed by atoms with Crippen LogP contribution in [0.3, 0.4) is 0 Å². The van der Waals surface area contributed by atoms with E-state index in [4.69, 9.17) is 13.6 Å². The van der Waals surface area contributed by atoms with Gasteiger partial charge in [0, 0.05) is 30.8 Å². The maximum absolute atomic E-state index is 6.21. The van der Waals surface area contributed by atoms with E-state index in [1.165, 1.54) is 0 Å². The molecule has 0 bridgehead atoms. The van der Waals surface area contributed by atoms with Crippen LogP contribution < -0.4 is 0 Å². The standard InChI is InChI=1S/C22H36O3P6.C2H6/c1-3-5-7-9-15-21(23-26)22(24-30-27)17-16-18-12-10-11-13-19(18)20(25-31(28)29)14-8-6-4-2;1-2/h7,9-13,16-17,20-22,30H,3-5,14-15,26-29H2,1-2H3;1-2H3/b9-7-,17-16+;. The minimum Gasteiger partial charge on any atom is -0.359 e. The Hall–Kier alpha value is 0.720. The fourth-order valence-electron chi connectivity index (χ4n) is 2.89. The first-order valence-corrected chi connectivity index (χ1v) is 19.1. The number of benzene rings is 1. The van der Waals surface area contributed by atoms with Crippen molar-refractivity contribution in [2.24, 2.45) is 0 Å². The third-order valence-corrected chi connectivity index (χ3v) is 6.78. The van der Waals surface area contributed by atoms with Crippen molar-refractivity contribution < 1.29 is 13.6 Å². The summed E-state index contributed by atoms with van der Waals surface area (Å²) in [6.07, 6.45) is 12.9. The van der Waals surface area contributed by atoms with Crippen molar-refractivity contribution in [2.45, 2.75) is 78.1 Å². The molecule has 8 atom stereocenters. The van der Waals surface area contributed by atoms with Crippen molar-refractivity contribution in [1.29, 1.82) is 0 Å². The van der Waals surface area contributed by atoms with Crippen LogP contribution >= 0.6 is 52.3 Å². The van der Waals surface area contributed by atoms with E-state index in [1.54, 1.807) is 0 Å². The van der Waals surface area contributed by atoms with Crippen LogP contribution in [0.5, 0.6) is 0 Å². The topological polar surface area (TPSA) is 27.7 Å². The minimum atomic E-state index is -0.663. The van der Waals surface area contributed by atoms with Gasteiger partial charge in [-0.2, -0.15) is 0 Å². The molecule has 0 amide bonds. The van der Waals surface area contributed by atoms with E-state index in [0.29, 0.717) is 14.9 Å². The third kappa shape index (κ3) is 15.4. The lowest BCUT2D eigenvalue weighted by Crippen LogP contribution is -2.24. The summed E-state index contributed by atoms with van der Waals surface area (Å²) in [6.45, 7) is 8.24. The van der Waals surface area contributed by atoms with Crippen molar-refractivity contribution in [1.82, 2.24) is 0 Å². The zero-order valence-electron chi connectivity index (χ0n) is 20.4. The summed E-state index contributed by atoms with van der Waals surface area (Å²) in [5.74, 6) is 6.41. The Kier molecular flexibility index (Phi) is 23.6. The van der Waals surface area contributed by atoms with Gasteiger partial charge in [0.2, 0.25) is 0 Å². The van der Waals surface area contributed by atoms with Gasteiger partial charge in [0.05, 0.1) is 19.7 Å². The average Bonchev–Trinajstić information content (AvgIpc) is 2.83. The van der Waals surface area contributed by atoms with E-state index >= 15 is 0 Å². The molecule has 0 saturated carbocycles. The molecule has 1 aromatic rings. The van der Waals surface area contributed by atoms with E-state index in [2.05, 4.69) is 104 Å². The fourth-order valence-corrected chi connectivity index (χ4v) is 5.38. The molecular formula is C24H42O3P6. The highest BCUT2D eigenvalue weighted by atomic mass is 32.4. The van der Waals surface area contributed by atoms with Gasteiger partial charge in [-0.3, -0.25) is 0 Å². The Labute approximate surface area is 215 Å². The molecule has 33 heavy (non-hydrogen) atoms. The highest BCUT2D eigenvalue weighted by Crippen LogP contribution is 2.57. The van der Waals surface area contributed by atoms with Crippen LogP contribution in [0.4, 0.5) is 0 Å². The molecule has 8 unspecified atom stereocenters. The predicted molar refractivity (Wildman–Crippen MR) is 166 cm³/mol. The van der Waals surface area contributed by atoms with Gasteiger partial charge in [-0.1, -0.05) is 109 Å². The molecule has 0 aromatic heterocycles. The third-order valence-electron chi connectivity index (χ3n) is 4.38. The second-order valence-corrected chi connectivity index (χ2v) is 13.9. The molecule has 0 N–H and O–H groups in total. The molecule has 0 heterocycles. The lowest BCUT2D eigenvalue weighted by molar-refractivity contribution is 0.116. The van der Waals surface area contributed by atoms with Crippen molar-refractivity contribution >= 4 is 58.4 Å². The van der Waals surface area contributed by atoms with E-state index < -0.39 is 7.53 Å². The largest absolute Gasteiger partial charge is 0.359 e. The fraction of sp³-hybridized carbons (Fsp3) is 0.500. The van der Waals surface area contributed by atoms with Crippen LogP contribution in [0.2, 0.25) is 0 Å². The predicted octanol–water partition coefficient (Wildman–Crippen LogP) is 9.25. The smallest absolute Gasteiger partial charge is 0.107 e. The maximum Gasteiger partial charge on any atom is 0.107 e. The van der Waals surface area contributed by atoms with Gasteiger partial charge in [-0.05, 0) is 24.0 Å². The van der Waals surface area contributed by atoms with E-state index in [9.17, 15) is 0 Å². The van der Waals surface area contributed by atoms with Gasteiger partial charge in [0.15, 0.2) is 0 Å². The molecule has 9 heteroatoms. The molecule has 1 rings (SSSR count). The average molecular weight is 564 g/mol. The molecule has 0 aliphatic carbocycles. The zero-order chi connectivity index (χ0) is 24.9. The first kappa shape index (κ1) is 33.7. The van der Waals surface area contributed by atoms with Crippen molar-refractivity contribution in [2.75, 3.05) is 0 Å². The molecule has 0 fully saturated rings. The first-order valence-electron chi connectivity index (χ1n) is 11.4. The molecule has 186 valence electrons. The lowest BCUT2D eigenvalue weighted by atomic mass is 9.99. The monoisotopic (exact) mass is 564 g/mol. The number of hydrogen-bond donors (Lipinski definition) is 0. The molecule has 0 radical (unpaired) electrons. The summed E-state index contributed by atoms with van der Waals surface area (Å²) < 4.78 is 17.9. The second kappa shape index (κ2) is 23.1. The second-order valence-electron chi connectivity index (χ2n) is 6.72. The Morgan fingerprint density at radius 3 is 2.45 bits per heavy atom. The van der Waals surface area contributed by atoms with E-state index in [-0.39, 0.29) is 18.3 Å². The highest BCUT2D eigenvalue weighted by Gasteiger charge is 2.20. The quantitative estimate of drug-likeness (QED) is 0.128. The van der Waals surface area contributed by atoms with Crippen molar-refractivity contribution in [3.05, 3.63) is 53.6 Å². The first-order chi connectivity index (χ1) is 16.1. The van der Waals surface area contributed by atoms with Crippen LogP contribution in [0, 0.1) is 11.8 Å². The van der Waals surface area contributed by atoms with Crippen molar-refractivity contribution in [3.8, 4) is 11.8 Å². The Balaban J connectivity index is 0.00000497. The molecule has 1 aromatic carbocycles. The summed E-state index contributed by atoms with van der Waals surface area (Å²) in [6, 6.07) is 8.33. The number of unbranched alkanes of at least 4 members (excludes halogenated alkanes) is 1. The SMILES string of the molecule is CC.CCC#CCC(OP(P)P)c1ccccc1/C=C/C(OPP)C(C/C=C\CCC)OP.